The molecule has 1 N–H and O–H groups in total. The van der Waals surface area contributed by atoms with Crippen LogP contribution in [0.15, 0.2) is 405 Å². The van der Waals surface area contributed by atoms with Crippen molar-refractivity contribution in [3.8, 4) is 5.75 Å². The fourth-order valence-corrected chi connectivity index (χ4v) is 23.3. The molecule has 0 amide bonds. The zero-order chi connectivity index (χ0) is 97.0. The summed E-state index contributed by atoms with van der Waals surface area (Å²) in [5.41, 5.74) is 15.7. The number of rotatable bonds is 4. The molecule has 1 radical (unpaired) electrons. The minimum Gasteiger partial charge on any atom is -0.535 e. The third-order valence-corrected chi connectivity index (χ3v) is 32.1. The van der Waals surface area contributed by atoms with Gasteiger partial charge in [-0.2, -0.15) is 0 Å². The quantitative estimate of drug-likeness (QED) is 0.133. The topological polar surface area (TPSA) is 140 Å². The highest BCUT2D eigenvalue weighted by molar-refractivity contribution is 14.1. The molecule has 21 aromatic carbocycles. The molecule has 0 spiro atoms. The van der Waals surface area contributed by atoms with Crippen LogP contribution in [0.5, 0.6) is 5.75 Å². The van der Waals surface area contributed by atoms with E-state index < -0.39 is 7.12 Å². The van der Waals surface area contributed by atoms with Gasteiger partial charge in [-0.1, -0.05) is 292 Å². The van der Waals surface area contributed by atoms with Crippen molar-refractivity contribution < 1.29 is 49.9 Å². The van der Waals surface area contributed by atoms with Crippen molar-refractivity contribution in [2.45, 2.75) is 83.8 Å². The van der Waals surface area contributed by atoms with E-state index in [1.807, 2.05) is 97.1 Å². The molecule has 1 aliphatic carbocycles. The van der Waals surface area contributed by atoms with Crippen LogP contribution in [0.2, 0.25) is 5.02 Å². The first kappa shape index (κ1) is 92.2. The molecule has 28 aromatic rings. The number of hydrogen-bond donors (Lipinski definition) is 1. The van der Waals surface area contributed by atoms with Crippen LogP contribution in [-0.2, 0) is 9.31 Å². The molecule has 30 rings (SSSR count). The van der Waals surface area contributed by atoms with E-state index in [1.54, 1.807) is 6.07 Å². The Bertz CT molecular complexity index is 9540. The van der Waals surface area contributed by atoms with Gasteiger partial charge in [0.1, 0.15) is 72.7 Å². The van der Waals surface area contributed by atoms with Crippen molar-refractivity contribution in [2.24, 2.45) is 0 Å². The lowest BCUT2D eigenvalue weighted by molar-refractivity contribution is 0.00578. The van der Waals surface area contributed by atoms with E-state index in [2.05, 4.69) is 385 Å². The van der Waals surface area contributed by atoms with Crippen LogP contribution in [-0.4, -0.2) is 31.0 Å². The Hall–Kier alpha value is -13.2. The summed E-state index contributed by atoms with van der Waals surface area (Å²) in [6.45, 7) is 10.4. The van der Waals surface area contributed by atoms with E-state index in [1.165, 1.54) is 155 Å². The molecule has 2 aliphatic rings. The average molecular weight is 2280 g/mol. The van der Waals surface area contributed by atoms with Crippen molar-refractivity contribution in [3.05, 3.63) is 401 Å². The molecule has 0 atom stereocenters. The molecular formula is C125H88B2BrClI3O11. The maximum Gasteiger partial charge on any atom is 0.569 e. The largest absolute Gasteiger partial charge is 0.569 e. The van der Waals surface area contributed by atoms with Crippen LogP contribution >= 0.6 is 95.3 Å². The van der Waals surface area contributed by atoms with Gasteiger partial charge in [0, 0.05) is 92.0 Å². The zero-order valence-electron chi connectivity index (χ0n) is 78.4. The summed E-state index contributed by atoms with van der Waals surface area (Å²) in [4.78, 5) is 0. The fraction of sp³-hybridized carbons (Fsp3) is 0.104. The first-order chi connectivity index (χ1) is 69.8. The third-order valence-electron chi connectivity index (χ3n) is 28.6. The number of fused-ring (bicyclic) bond motifs is 28. The first-order valence-electron chi connectivity index (χ1n) is 48.0. The summed E-state index contributed by atoms with van der Waals surface area (Å²) >= 11 is 16.7. The monoisotopic (exact) mass is 2280 g/mol. The molecule has 8 heterocycles. The molecule has 7 aromatic heterocycles. The molecule has 0 unspecified atom stereocenters. The first-order valence-corrected chi connectivity index (χ1v) is 52.4. The van der Waals surface area contributed by atoms with E-state index in [0.717, 1.165) is 133 Å². The highest BCUT2D eigenvalue weighted by atomic mass is 127. The van der Waals surface area contributed by atoms with Gasteiger partial charge in [-0.15, -0.1) is 0 Å². The lowest BCUT2D eigenvalue weighted by Gasteiger charge is -2.32. The van der Waals surface area contributed by atoms with Gasteiger partial charge < -0.3 is 49.9 Å². The van der Waals surface area contributed by atoms with Gasteiger partial charge in [0.25, 0.3) is 0 Å². The van der Waals surface area contributed by atoms with Crippen LogP contribution in [0, 0.1) is 17.6 Å². The summed E-state index contributed by atoms with van der Waals surface area (Å²) in [6.07, 6.45) is 6.64. The normalized spacial score (nSPS) is 13.7. The smallest absolute Gasteiger partial charge is 0.535 e. The molecule has 0 bridgehead atoms. The fourth-order valence-electron chi connectivity index (χ4n) is 20.8. The summed E-state index contributed by atoms with van der Waals surface area (Å²) in [7, 11) is 0.233. The van der Waals surface area contributed by atoms with Crippen molar-refractivity contribution in [1.29, 1.82) is 0 Å². The standard InChI is InChI=1S/C22H21BO3.C22H19IO.C17H11IO.C16H10BO3.C16H9BrO.C16H9ClO.C16H9IO/c1-21(2)22(3,4)26-23(25-21)18-11-7-10-16-17-12-14-8-5-6-9-15(14)13-19(17)24-20(16)18;23-19-12-6-11-17-18-13-15-9-4-5-10-16(15)20(22(18)24-21(17)19)14-7-2-1-3-8-14;1-10-12-6-3-2-5-11(12)9-14-13-7-4-8-15(18)17(13)19-16(10)14;18-17-20-14-7-3-6-12-13-8-10-4-1-2-5-11(10)9-15(13)19-16(12)14;3*17-14-7-3-6-12-13-8-10-4-1-2-5-11(10)9-15(13)18-16(12)14/h5-13H,1-4H3;4-6,9-14H,1-3,7-8H2;2-9H,1H3;1-9,18H;3*1-9H. The molecule has 11 nitrogen and oxygen atoms in total. The number of hydrogen-bond acceptors (Lipinski definition) is 11. The van der Waals surface area contributed by atoms with Gasteiger partial charge in [-0.05, 0) is 322 Å². The number of halogens is 5. The van der Waals surface area contributed by atoms with Gasteiger partial charge in [0.2, 0.25) is 0 Å². The van der Waals surface area contributed by atoms with Crippen molar-refractivity contribution in [1.82, 2.24) is 0 Å². The van der Waals surface area contributed by atoms with Gasteiger partial charge in [-0.3, -0.25) is 0 Å². The van der Waals surface area contributed by atoms with Gasteiger partial charge in [-0.25, -0.2) is 0 Å². The molecule has 18 heteroatoms. The lowest BCUT2D eigenvalue weighted by Crippen LogP contribution is -2.41. The second-order valence-corrected chi connectivity index (χ2v) is 42.5. The number of aryl methyl sites for hydroxylation is 1. The molecule has 1 saturated heterocycles. The number of benzene rings is 21. The van der Waals surface area contributed by atoms with Gasteiger partial charge in [0.05, 0.1) is 31.4 Å². The number of para-hydroxylation sites is 7. The SMILES string of the molecule is Brc1cccc2c1oc1cc3ccccc3cc12.CC1(C)OB(c2cccc3c2oc2cc4ccccc4cc23)OC1(C)C.Cc1c2ccccc2cc2c1oc1c(I)cccc12.Clc1cccc2c1oc1cc3ccccc3cc12.Ic1cccc2c1oc1c(C3CCCCC3)c3ccccc3cc12.Ic1cccc2c1oc1cc3ccccc3cc12.O[B]Oc1cccc2c1oc1cc3ccccc3cc12. The Balaban J connectivity index is 0.0000000903. The molecule has 2 fully saturated rings. The molecule has 695 valence electrons. The predicted octanol–water partition coefficient (Wildman–Crippen LogP) is 38.0. The minimum absolute atomic E-state index is 0.374. The Morgan fingerprint density at radius 1 is 0.301 bits per heavy atom. The minimum atomic E-state index is -0.432. The Labute approximate surface area is 876 Å². The second-order valence-electron chi connectivity index (χ2n) is 37.8. The van der Waals surface area contributed by atoms with Crippen LogP contribution < -0.4 is 10.1 Å². The number of furan rings is 7. The lowest BCUT2D eigenvalue weighted by atomic mass is 9.78. The molecule has 1 saturated carbocycles. The summed E-state index contributed by atoms with van der Waals surface area (Å²) in [6, 6.07) is 128. The highest BCUT2D eigenvalue weighted by Crippen LogP contribution is 2.48. The van der Waals surface area contributed by atoms with Crippen molar-refractivity contribution in [3.63, 3.8) is 0 Å². The Kier molecular flexibility index (Phi) is 24.6. The van der Waals surface area contributed by atoms with Crippen LogP contribution in [0.25, 0.3) is 229 Å². The highest BCUT2D eigenvalue weighted by Gasteiger charge is 2.52. The Morgan fingerprint density at radius 3 is 1.07 bits per heavy atom. The molecular weight excluding hydrogens is 2200 g/mol. The zero-order valence-corrected chi connectivity index (χ0v) is 87.2. The molecule has 143 heavy (non-hydrogen) atoms. The van der Waals surface area contributed by atoms with E-state index in [-0.39, 0.29) is 11.2 Å². The summed E-state index contributed by atoms with van der Waals surface area (Å²) in [5, 5.41) is 42.9. The van der Waals surface area contributed by atoms with Crippen LogP contribution in [0.3, 0.4) is 0 Å². The van der Waals surface area contributed by atoms with E-state index >= 15 is 0 Å². The van der Waals surface area contributed by atoms with Gasteiger partial charge >= 0.3 is 14.8 Å². The van der Waals surface area contributed by atoms with E-state index in [0.29, 0.717) is 30.0 Å². The third kappa shape index (κ3) is 17.1. The summed E-state index contributed by atoms with van der Waals surface area (Å²) in [5.74, 6) is 1.14. The van der Waals surface area contributed by atoms with E-state index in [9.17, 15) is 0 Å². The maximum atomic E-state index is 8.82. The second kappa shape index (κ2) is 38.2. The van der Waals surface area contributed by atoms with Crippen molar-refractivity contribution in [2.75, 3.05) is 0 Å². The molecule has 1 aliphatic heterocycles. The van der Waals surface area contributed by atoms with Gasteiger partial charge in [0.15, 0.2) is 11.2 Å². The maximum absolute atomic E-state index is 8.82. The summed E-state index contributed by atoms with van der Waals surface area (Å²) < 4.78 is 64.6. The predicted molar refractivity (Wildman–Crippen MR) is 624 cm³/mol. The van der Waals surface area contributed by atoms with Crippen molar-refractivity contribution >= 4 is 345 Å². The average Bonchev–Trinajstić information content (AvgIpc) is 1.59. The van der Waals surface area contributed by atoms with Crippen LogP contribution in [0.4, 0.5) is 0 Å². The van der Waals surface area contributed by atoms with E-state index in [4.69, 9.17) is 61.5 Å². The van der Waals surface area contributed by atoms with Crippen LogP contribution in [0.1, 0.15) is 76.8 Å². The Morgan fingerprint density at radius 2 is 0.608 bits per heavy atom.